The highest BCUT2D eigenvalue weighted by molar-refractivity contribution is 6.05. The molecule has 3 aliphatic heterocycles. The summed E-state index contributed by atoms with van der Waals surface area (Å²) >= 11 is 0. The van der Waals surface area contributed by atoms with Gasteiger partial charge in [0.15, 0.2) is 0 Å². The van der Waals surface area contributed by atoms with Crippen LogP contribution in [0.2, 0.25) is 0 Å². The molecule has 2 atom stereocenters. The van der Waals surface area contributed by atoms with E-state index in [-0.39, 0.29) is 22.3 Å². The predicted molar refractivity (Wildman–Crippen MR) is 135 cm³/mol. The number of aliphatic imine (C=N–C) groups is 2. The van der Waals surface area contributed by atoms with Crippen LogP contribution in [0.25, 0.3) is 0 Å². The maximum absolute atomic E-state index is 12.6. The third-order valence-corrected chi connectivity index (χ3v) is 6.58. The molecule has 4 heterocycles. The van der Waals surface area contributed by atoms with E-state index in [4.69, 9.17) is 15.6 Å². The zero-order valence-electron chi connectivity index (χ0n) is 20.0. The number of anilines is 1. The summed E-state index contributed by atoms with van der Waals surface area (Å²) in [4.78, 5) is 40.4. The fourth-order valence-electron chi connectivity index (χ4n) is 4.66. The second-order valence-electron chi connectivity index (χ2n) is 8.87. The number of hydrogen-bond donors (Lipinski definition) is 2. The third-order valence-electron chi connectivity index (χ3n) is 6.58. The molecule has 5 rings (SSSR count). The molecule has 1 saturated heterocycles. The smallest absolute Gasteiger partial charge is 0.264 e. The van der Waals surface area contributed by atoms with Crippen molar-refractivity contribution in [2.45, 2.75) is 12.8 Å². The van der Waals surface area contributed by atoms with Crippen molar-refractivity contribution in [3.8, 4) is 0 Å². The predicted octanol–water partition coefficient (Wildman–Crippen LogP) is 2.44. The topological polar surface area (TPSA) is 122 Å². The number of carbonyl (C=O) groups excluding carboxylic acids is 2. The largest absolute Gasteiger partial charge is 0.384 e. The first-order chi connectivity index (χ1) is 17.5. The van der Waals surface area contributed by atoms with Gasteiger partial charge in [0.25, 0.3) is 11.7 Å². The van der Waals surface area contributed by atoms with E-state index < -0.39 is 0 Å². The molecule has 2 aromatic rings. The minimum atomic E-state index is -0.251. The van der Waals surface area contributed by atoms with Crippen molar-refractivity contribution in [3.05, 3.63) is 83.6 Å². The van der Waals surface area contributed by atoms with E-state index in [0.29, 0.717) is 43.3 Å². The highest BCUT2D eigenvalue weighted by atomic mass is 16.5. The Morgan fingerprint density at radius 1 is 1.22 bits per heavy atom. The summed E-state index contributed by atoms with van der Waals surface area (Å²) < 4.78 is 4.94. The Hall–Kier alpha value is -3.99. The molecular formula is C26H28N7O3+. The van der Waals surface area contributed by atoms with Crippen LogP contribution in [-0.2, 0) is 9.53 Å². The number of hydrogen-bond acceptors (Lipinski definition) is 7. The third kappa shape index (κ3) is 4.49. The molecule has 0 spiro atoms. The highest BCUT2D eigenvalue weighted by Crippen LogP contribution is 2.37. The van der Waals surface area contributed by atoms with Gasteiger partial charge >= 0.3 is 0 Å². The number of allylic oxidation sites excluding steroid dienone is 1. The number of amides is 2. The van der Waals surface area contributed by atoms with Gasteiger partial charge in [-0.2, -0.15) is 10.8 Å². The molecule has 0 aliphatic carbocycles. The first-order valence-electron chi connectivity index (χ1n) is 11.8. The lowest BCUT2D eigenvalue weighted by molar-refractivity contribution is -0.750. The maximum atomic E-state index is 12.6. The molecule has 1 fully saturated rings. The van der Waals surface area contributed by atoms with E-state index >= 15 is 0 Å². The van der Waals surface area contributed by atoms with Crippen molar-refractivity contribution >= 4 is 29.7 Å². The van der Waals surface area contributed by atoms with E-state index in [2.05, 4.69) is 15.3 Å². The van der Waals surface area contributed by atoms with Gasteiger partial charge < -0.3 is 15.0 Å². The fraction of sp³-hybridized carbons (Fsp3) is 0.269. The van der Waals surface area contributed by atoms with E-state index in [9.17, 15) is 9.59 Å². The van der Waals surface area contributed by atoms with E-state index in [0.717, 1.165) is 23.4 Å². The second kappa shape index (κ2) is 9.94. The van der Waals surface area contributed by atoms with E-state index in [1.807, 2.05) is 23.1 Å². The first-order valence-corrected chi connectivity index (χ1v) is 11.8. The van der Waals surface area contributed by atoms with Gasteiger partial charge in [-0.1, -0.05) is 6.07 Å². The number of benzene rings is 1. The Morgan fingerprint density at radius 3 is 2.81 bits per heavy atom. The average Bonchev–Trinajstić information content (AvgIpc) is 3.51. The van der Waals surface area contributed by atoms with Crippen LogP contribution in [0.5, 0.6) is 0 Å². The van der Waals surface area contributed by atoms with Crippen LogP contribution in [0.1, 0.15) is 28.8 Å². The molecule has 10 heteroatoms. The van der Waals surface area contributed by atoms with Gasteiger partial charge in [-0.3, -0.25) is 14.6 Å². The average molecular weight is 487 g/mol. The normalized spacial score (nSPS) is 22.6. The number of fused-ring (bicyclic) bond motifs is 1. The van der Waals surface area contributed by atoms with Gasteiger partial charge in [-0.05, 0) is 42.8 Å². The summed E-state index contributed by atoms with van der Waals surface area (Å²) in [6.45, 7) is 1.67. The zero-order chi connectivity index (χ0) is 25.1. The Labute approximate surface area is 209 Å². The van der Waals surface area contributed by atoms with Crippen molar-refractivity contribution in [1.82, 2.24) is 9.88 Å². The number of likely N-dealkylation sites (tertiary alicyclic amines) is 1. The number of pyridine rings is 1. The van der Waals surface area contributed by atoms with Crippen LogP contribution >= 0.6 is 0 Å². The molecule has 0 saturated carbocycles. The van der Waals surface area contributed by atoms with Crippen molar-refractivity contribution in [3.63, 3.8) is 0 Å². The molecule has 3 aliphatic rings. The summed E-state index contributed by atoms with van der Waals surface area (Å²) in [5.74, 6) is 7.87. The number of carbonyl (C=O) groups is 2. The Bertz CT molecular complexity index is 1280. The summed E-state index contributed by atoms with van der Waals surface area (Å²) in [5, 5.41) is 2.78. The van der Waals surface area contributed by atoms with E-state index in [1.54, 1.807) is 56.2 Å². The molecule has 2 amide bonds. The second-order valence-corrected chi connectivity index (χ2v) is 8.87. The molecule has 2 unspecified atom stereocenters. The molecule has 0 bridgehead atoms. The lowest BCUT2D eigenvalue weighted by Crippen LogP contribution is -2.53. The number of quaternary nitrogens is 1. The van der Waals surface area contributed by atoms with Crippen LogP contribution in [0, 0.1) is 5.92 Å². The molecule has 1 aromatic heterocycles. The molecular weight excluding hydrogens is 458 g/mol. The lowest BCUT2D eigenvalue weighted by atomic mass is 10.0. The molecule has 1 aromatic carbocycles. The maximum Gasteiger partial charge on any atom is 0.264 e. The first kappa shape index (κ1) is 23.7. The number of amidine groups is 1. The van der Waals surface area contributed by atoms with Crippen LogP contribution in [0.15, 0.2) is 82.4 Å². The van der Waals surface area contributed by atoms with Gasteiger partial charge in [-0.15, -0.1) is 4.59 Å². The molecule has 10 nitrogen and oxygen atoms in total. The fourth-order valence-corrected chi connectivity index (χ4v) is 4.66. The highest BCUT2D eigenvalue weighted by Gasteiger charge is 2.47. The molecule has 184 valence electrons. The number of nitrogens with one attached hydrogen (secondary N) is 1. The standard InChI is InChI=1S/C26H27N7O3/c1-36-15-10-23(34)32-13-9-20(17-32)24-21-16-28-12-14-33(21,27)25(31-24)18-5-7-19(8-6-18)26(35)30-22-4-2-3-11-29-22/h2-8,11-12,14,16,20H,9-10,13,15,17,27H2,1H3/p+1. The minimum absolute atomic E-state index is 0.0615. The monoisotopic (exact) mass is 486 g/mol. The van der Waals surface area contributed by atoms with Gasteiger partial charge in [0, 0.05) is 37.9 Å². The molecule has 3 N–H and O–H groups in total. The van der Waals surface area contributed by atoms with Crippen LogP contribution in [0.4, 0.5) is 5.82 Å². The van der Waals surface area contributed by atoms with Gasteiger partial charge in [0.05, 0.1) is 31.0 Å². The van der Waals surface area contributed by atoms with Crippen LogP contribution in [0.3, 0.4) is 0 Å². The summed E-state index contributed by atoms with van der Waals surface area (Å²) in [7, 11) is 1.59. The summed E-state index contributed by atoms with van der Waals surface area (Å²) in [6, 6.07) is 12.5. The zero-order valence-corrected chi connectivity index (χ0v) is 20.0. The number of ether oxygens (including phenoxy) is 1. The Balaban J connectivity index is 1.37. The van der Waals surface area contributed by atoms with Gasteiger partial charge in [0.2, 0.25) is 11.6 Å². The Kier molecular flexibility index (Phi) is 6.55. The SMILES string of the molecule is COCCC(=O)N1CCC(C2=C3C=NC=C[N+]3(N)C(c3ccc(C(=O)Nc4ccccn4)cc3)=N2)C1. The molecule has 36 heavy (non-hydrogen) atoms. The molecule has 0 radical (unpaired) electrons. The van der Waals surface area contributed by atoms with Crippen LogP contribution in [-0.4, -0.2) is 65.1 Å². The number of nitrogens with zero attached hydrogens (tertiary/aromatic N) is 5. The minimum Gasteiger partial charge on any atom is -0.384 e. The van der Waals surface area contributed by atoms with Gasteiger partial charge in [0.1, 0.15) is 17.7 Å². The van der Waals surface area contributed by atoms with Gasteiger partial charge in [-0.25, -0.2) is 4.98 Å². The Morgan fingerprint density at radius 2 is 2.06 bits per heavy atom. The van der Waals surface area contributed by atoms with Crippen molar-refractivity contribution < 1.29 is 18.9 Å². The quantitative estimate of drug-likeness (QED) is 0.460. The van der Waals surface area contributed by atoms with Crippen molar-refractivity contribution in [1.29, 1.82) is 0 Å². The number of methoxy groups -OCH3 is 1. The number of aromatic nitrogens is 1. The van der Waals surface area contributed by atoms with Crippen molar-refractivity contribution in [2.75, 3.05) is 32.1 Å². The summed E-state index contributed by atoms with van der Waals surface area (Å²) in [6.07, 6.45) is 7.99. The summed E-state index contributed by atoms with van der Waals surface area (Å²) in [5.41, 5.74) is 2.93. The number of nitrogens with two attached hydrogens (primary N) is 1. The number of rotatable bonds is 7. The van der Waals surface area contributed by atoms with E-state index in [1.165, 1.54) is 0 Å². The lowest BCUT2D eigenvalue weighted by Gasteiger charge is -2.26. The van der Waals surface area contributed by atoms with Crippen LogP contribution < -0.4 is 11.2 Å². The van der Waals surface area contributed by atoms with Crippen molar-refractivity contribution in [2.24, 2.45) is 21.7 Å².